The molecule has 0 spiro atoms. The van der Waals surface area contributed by atoms with E-state index >= 15 is 0 Å². The number of sulfonamides is 1. The van der Waals surface area contributed by atoms with Gasteiger partial charge in [-0.25, -0.2) is 8.42 Å². The van der Waals surface area contributed by atoms with Gasteiger partial charge in [0.15, 0.2) is 0 Å². The van der Waals surface area contributed by atoms with Crippen molar-refractivity contribution in [3.8, 4) is 5.75 Å². The smallest absolute Gasteiger partial charge is 0.303 e. The zero-order chi connectivity index (χ0) is 15.5. The van der Waals surface area contributed by atoms with Crippen LogP contribution in [-0.4, -0.2) is 38.9 Å². The van der Waals surface area contributed by atoms with E-state index in [2.05, 4.69) is 0 Å². The molecule has 1 aliphatic rings. The molecule has 1 N–H and O–H groups in total. The van der Waals surface area contributed by atoms with Gasteiger partial charge in [0.1, 0.15) is 5.75 Å². The van der Waals surface area contributed by atoms with Gasteiger partial charge in [-0.15, -0.1) is 0 Å². The van der Waals surface area contributed by atoms with Crippen LogP contribution in [0.15, 0.2) is 18.2 Å². The maximum Gasteiger partial charge on any atom is 0.303 e. The van der Waals surface area contributed by atoms with Crippen LogP contribution < -0.4 is 9.04 Å². The summed E-state index contributed by atoms with van der Waals surface area (Å²) < 4.78 is 31.6. The molecule has 21 heavy (non-hydrogen) atoms. The third kappa shape index (κ3) is 3.47. The number of fused-ring (bicyclic) bond motifs is 1. The first-order valence-corrected chi connectivity index (χ1v) is 8.44. The number of carboxylic acid groups (broad SMARTS) is 1. The molecular formula is C14H19NO5S. The highest BCUT2D eigenvalue weighted by molar-refractivity contribution is 7.92. The van der Waals surface area contributed by atoms with Gasteiger partial charge in [-0.05, 0) is 30.9 Å². The molecule has 6 nitrogen and oxygen atoms in total. The molecule has 0 atom stereocenters. The minimum atomic E-state index is -3.54. The van der Waals surface area contributed by atoms with Crippen molar-refractivity contribution in [3.63, 3.8) is 0 Å². The number of aryl methyl sites for hydroxylation is 1. The zero-order valence-corrected chi connectivity index (χ0v) is 12.7. The largest absolute Gasteiger partial charge is 0.495 e. The van der Waals surface area contributed by atoms with Crippen LogP contribution in [0.4, 0.5) is 5.69 Å². The molecule has 116 valence electrons. The number of hydrogen-bond donors (Lipinski definition) is 1. The lowest BCUT2D eigenvalue weighted by molar-refractivity contribution is -0.137. The Bertz CT molecular complexity index is 612. The Balaban J connectivity index is 2.28. The van der Waals surface area contributed by atoms with Gasteiger partial charge in [-0.2, -0.15) is 0 Å². The van der Waals surface area contributed by atoms with Gasteiger partial charge in [0.25, 0.3) is 0 Å². The highest BCUT2D eigenvalue weighted by atomic mass is 32.2. The van der Waals surface area contributed by atoms with Gasteiger partial charge in [0.05, 0.1) is 18.6 Å². The normalized spacial score (nSPS) is 14.6. The van der Waals surface area contributed by atoms with Crippen molar-refractivity contribution in [1.82, 2.24) is 0 Å². The fraction of sp³-hybridized carbons (Fsp3) is 0.500. The van der Waals surface area contributed by atoms with E-state index < -0.39 is 16.0 Å². The van der Waals surface area contributed by atoms with E-state index in [4.69, 9.17) is 9.84 Å². The second kappa shape index (κ2) is 6.34. The van der Waals surface area contributed by atoms with Crippen molar-refractivity contribution in [1.29, 1.82) is 0 Å². The predicted molar refractivity (Wildman–Crippen MR) is 79.3 cm³/mol. The van der Waals surface area contributed by atoms with Gasteiger partial charge >= 0.3 is 5.97 Å². The molecule has 1 aromatic rings. The first-order valence-electron chi connectivity index (χ1n) is 6.84. The highest BCUT2D eigenvalue weighted by Gasteiger charge is 2.29. The number of carbonyl (C=O) groups is 1. The number of rotatable bonds is 6. The first kappa shape index (κ1) is 15.6. The summed E-state index contributed by atoms with van der Waals surface area (Å²) in [6.07, 6.45) is 1.52. The Hall–Kier alpha value is -1.76. The first-order chi connectivity index (χ1) is 9.95. The summed E-state index contributed by atoms with van der Waals surface area (Å²) in [5.41, 5.74) is 1.55. The Kier molecular flexibility index (Phi) is 4.72. The molecule has 0 aromatic heterocycles. The Labute approximate surface area is 124 Å². The van der Waals surface area contributed by atoms with Crippen molar-refractivity contribution >= 4 is 21.7 Å². The van der Waals surface area contributed by atoms with Gasteiger partial charge in [0.2, 0.25) is 10.0 Å². The van der Waals surface area contributed by atoms with Crippen molar-refractivity contribution in [2.45, 2.75) is 25.7 Å². The SMILES string of the molecule is COc1cccc2c1N(S(=O)(=O)CCCC(=O)O)CCC2. The number of aliphatic carboxylic acids is 1. The molecule has 1 aliphatic heterocycles. The fourth-order valence-corrected chi connectivity index (χ4v) is 4.16. The zero-order valence-electron chi connectivity index (χ0n) is 11.9. The number of para-hydroxylation sites is 1. The minimum absolute atomic E-state index is 0.110. The second-order valence-electron chi connectivity index (χ2n) is 4.96. The van der Waals surface area contributed by atoms with Crippen LogP contribution in [0.5, 0.6) is 5.75 Å². The maximum absolute atomic E-state index is 12.5. The lowest BCUT2D eigenvalue weighted by Crippen LogP contribution is -2.37. The average Bonchev–Trinajstić information content (AvgIpc) is 2.45. The molecule has 0 bridgehead atoms. The minimum Gasteiger partial charge on any atom is -0.495 e. The maximum atomic E-state index is 12.5. The van der Waals surface area contributed by atoms with E-state index in [1.807, 2.05) is 12.1 Å². The van der Waals surface area contributed by atoms with Gasteiger partial charge < -0.3 is 9.84 Å². The van der Waals surface area contributed by atoms with Crippen LogP contribution in [0, 0.1) is 0 Å². The third-order valence-electron chi connectivity index (χ3n) is 3.49. The van der Waals surface area contributed by atoms with Crippen LogP contribution in [0.1, 0.15) is 24.8 Å². The molecule has 0 unspecified atom stereocenters. The number of anilines is 1. The highest BCUT2D eigenvalue weighted by Crippen LogP contribution is 2.37. The van der Waals surface area contributed by atoms with Crippen molar-refractivity contribution in [2.75, 3.05) is 23.7 Å². The molecule has 0 amide bonds. The predicted octanol–water partition coefficient (Wildman–Crippen LogP) is 1.64. The number of methoxy groups -OCH3 is 1. The lowest BCUT2D eigenvalue weighted by Gasteiger charge is -2.31. The van der Waals surface area contributed by atoms with Crippen LogP contribution in [0.3, 0.4) is 0 Å². The molecule has 0 aliphatic carbocycles. The van der Waals surface area contributed by atoms with Crippen molar-refractivity contribution in [3.05, 3.63) is 23.8 Å². The molecule has 1 aromatic carbocycles. The topological polar surface area (TPSA) is 83.9 Å². The molecule has 1 heterocycles. The summed E-state index contributed by atoms with van der Waals surface area (Å²) in [6.45, 7) is 0.406. The number of ether oxygens (including phenoxy) is 1. The summed E-state index contributed by atoms with van der Waals surface area (Å²) in [5, 5.41) is 8.63. The lowest BCUT2D eigenvalue weighted by atomic mass is 10.0. The molecule has 2 rings (SSSR count). The van der Waals surface area contributed by atoms with E-state index in [1.165, 1.54) is 11.4 Å². The number of nitrogens with zero attached hydrogens (tertiary/aromatic N) is 1. The van der Waals surface area contributed by atoms with E-state index in [0.29, 0.717) is 18.0 Å². The second-order valence-corrected chi connectivity index (χ2v) is 6.97. The summed E-state index contributed by atoms with van der Waals surface area (Å²) in [6, 6.07) is 5.49. The third-order valence-corrected chi connectivity index (χ3v) is 5.33. The molecule has 0 saturated heterocycles. The molecule has 0 radical (unpaired) electrons. The number of benzene rings is 1. The Morgan fingerprint density at radius 2 is 2.19 bits per heavy atom. The van der Waals surface area contributed by atoms with E-state index in [-0.39, 0.29) is 18.6 Å². The molecular weight excluding hydrogens is 294 g/mol. The molecule has 0 fully saturated rings. The monoisotopic (exact) mass is 313 g/mol. The van der Waals surface area contributed by atoms with Crippen molar-refractivity contribution in [2.24, 2.45) is 0 Å². The van der Waals surface area contributed by atoms with Gasteiger partial charge in [-0.3, -0.25) is 9.10 Å². The summed E-state index contributed by atoms with van der Waals surface area (Å²) in [4.78, 5) is 10.5. The van der Waals surface area contributed by atoms with Crippen molar-refractivity contribution < 1.29 is 23.1 Å². The van der Waals surface area contributed by atoms with Gasteiger partial charge in [-0.1, -0.05) is 12.1 Å². The molecule has 7 heteroatoms. The fourth-order valence-electron chi connectivity index (χ4n) is 2.54. The Morgan fingerprint density at radius 1 is 1.43 bits per heavy atom. The van der Waals surface area contributed by atoms with E-state index in [0.717, 1.165) is 18.4 Å². The van der Waals surface area contributed by atoms with E-state index in [1.54, 1.807) is 6.07 Å². The van der Waals surface area contributed by atoms with Crippen LogP contribution in [-0.2, 0) is 21.2 Å². The standard InChI is InChI=1S/C14H19NO5S/c1-20-12-7-2-5-11-6-3-9-15(14(11)12)21(18,19)10-4-8-13(16)17/h2,5,7H,3-4,6,8-10H2,1H3,(H,16,17). The van der Waals surface area contributed by atoms with E-state index in [9.17, 15) is 13.2 Å². The summed E-state index contributed by atoms with van der Waals surface area (Å²) >= 11 is 0. The average molecular weight is 313 g/mol. The van der Waals surface area contributed by atoms with Crippen LogP contribution in [0.2, 0.25) is 0 Å². The number of hydrogen-bond acceptors (Lipinski definition) is 4. The van der Waals surface area contributed by atoms with Gasteiger partial charge in [0, 0.05) is 13.0 Å². The van der Waals surface area contributed by atoms with Crippen LogP contribution in [0.25, 0.3) is 0 Å². The summed E-state index contributed by atoms with van der Waals surface area (Å²) in [7, 11) is -2.02. The Morgan fingerprint density at radius 3 is 2.86 bits per heavy atom. The van der Waals surface area contributed by atoms with Crippen LogP contribution >= 0.6 is 0 Å². The summed E-state index contributed by atoms with van der Waals surface area (Å²) in [5.74, 6) is -0.618. The quantitative estimate of drug-likeness (QED) is 0.863. The number of carboxylic acids is 1. The molecule has 0 saturated carbocycles.